The van der Waals surface area contributed by atoms with Crippen LogP contribution in [0.15, 0.2) is 12.7 Å². The molecule has 0 aromatic rings. The van der Waals surface area contributed by atoms with Crippen molar-refractivity contribution in [2.75, 3.05) is 19.6 Å². The average molecular weight is 268 g/mol. The van der Waals surface area contributed by atoms with Crippen LogP contribution in [0, 0.1) is 0 Å². The first-order valence-corrected chi connectivity index (χ1v) is 8.19. The fourth-order valence-electron chi connectivity index (χ4n) is 3.05. The third-order valence-electron chi connectivity index (χ3n) is 4.49. The Hall–Kier alpha value is -0.340. The van der Waals surface area contributed by atoms with Gasteiger partial charge in [0.15, 0.2) is 0 Å². The van der Waals surface area contributed by atoms with Crippen molar-refractivity contribution in [2.45, 2.75) is 78.3 Å². The summed E-state index contributed by atoms with van der Waals surface area (Å²) in [6, 6.07) is 0.581. The van der Waals surface area contributed by atoms with Gasteiger partial charge in [0.25, 0.3) is 0 Å². The fraction of sp³-hybridized carbons (Fsp3) is 0.882. The lowest BCUT2D eigenvalue weighted by Crippen LogP contribution is -2.59. The second kappa shape index (κ2) is 10.4. The second-order valence-corrected chi connectivity index (χ2v) is 5.61. The zero-order valence-corrected chi connectivity index (χ0v) is 14.0. The molecule has 0 saturated heterocycles. The molecule has 0 spiro atoms. The average Bonchev–Trinajstić information content (AvgIpc) is 2.43. The molecule has 2 atom stereocenters. The third kappa shape index (κ3) is 5.66. The highest BCUT2D eigenvalue weighted by molar-refractivity contribution is 4.96. The molecule has 0 fully saturated rings. The zero-order chi connectivity index (χ0) is 14.7. The van der Waals surface area contributed by atoms with Crippen LogP contribution in [-0.2, 0) is 0 Å². The number of hydrogen-bond acceptors (Lipinski definition) is 2. The predicted octanol–water partition coefficient (Wildman–Crippen LogP) is 4.22. The van der Waals surface area contributed by atoms with Gasteiger partial charge >= 0.3 is 0 Å². The van der Waals surface area contributed by atoms with Crippen LogP contribution >= 0.6 is 0 Å². The van der Waals surface area contributed by atoms with Gasteiger partial charge in [0, 0.05) is 11.6 Å². The second-order valence-electron chi connectivity index (χ2n) is 5.61. The normalized spacial score (nSPS) is 16.3. The minimum Gasteiger partial charge on any atom is -0.312 e. The fourth-order valence-corrected chi connectivity index (χ4v) is 3.05. The molecule has 0 aromatic heterocycles. The van der Waals surface area contributed by atoms with Crippen molar-refractivity contribution in [1.29, 1.82) is 0 Å². The first-order chi connectivity index (χ1) is 9.10. The highest BCUT2D eigenvalue weighted by atomic mass is 15.2. The summed E-state index contributed by atoms with van der Waals surface area (Å²) in [5.41, 5.74) is 0.264. The van der Waals surface area contributed by atoms with E-state index in [1.807, 2.05) is 6.08 Å². The van der Waals surface area contributed by atoms with Crippen molar-refractivity contribution in [3.8, 4) is 0 Å². The van der Waals surface area contributed by atoms with E-state index in [0.29, 0.717) is 6.04 Å². The molecule has 0 aliphatic rings. The van der Waals surface area contributed by atoms with E-state index in [1.54, 1.807) is 0 Å². The lowest BCUT2D eigenvalue weighted by Gasteiger charge is -2.46. The van der Waals surface area contributed by atoms with E-state index < -0.39 is 0 Å². The first-order valence-electron chi connectivity index (χ1n) is 8.19. The van der Waals surface area contributed by atoms with Crippen LogP contribution in [0.4, 0.5) is 0 Å². The molecule has 0 bridgehead atoms. The van der Waals surface area contributed by atoms with Gasteiger partial charge in [-0.3, -0.25) is 4.90 Å². The summed E-state index contributed by atoms with van der Waals surface area (Å²) in [5.74, 6) is 0. The summed E-state index contributed by atoms with van der Waals surface area (Å²) < 4.78 is 0. The van der Waals surface area contributed by atoms with Gasteiger partial charge in [-0.15, -0.1) is 6.58 Å². The van der Waals surface area contributed by atoms with Gasteiger partial charge in [-0.05, 0) is 58.7 Å². The molecule has 0 radical (unpaired) electrons. The van der Waals surface area contributed by atoms with E-state index in [0.717, 1.165) is 26.1 Å². The Morgan fingerprint density at radius 3 is 2.26 bits per heavy atom. The van der Waals surface area contributed by atoms with Gasteiger partial charge in [0.1, 0.15) is 0 Å². The summed E-state index contributed by atoms with van der Waals surface area (Å²) in [6.45, 7) is 18.8. The molecule has 2 heteroatoms. The van der Waals surface area contributed by atoms with Gasteiger partial charge in [-0.1, -0.05) is 33.8 Å². The Morgan fingerprint density at radius 2 is 1.84 bits per heavy atom. The largest absolute Gasteiger partial charge is 0.312 e. The van der Waals surface area contributed by atoms with Crippen molar-refractivity contribution in [1.82, 2.24) is 10.2 Å². The van der Waals surface area contributed by atoms with E-state index in [9.17, 15) is 0 Å². The van der Waals surface area contributed by atoms with E-state index in [2.05, 4.69) is 51.4 Å². The maximum atomic E-state index is 3.84. The summed E-state index contributed by atoms with van der Waals surface area (Å²) in [6.07, 6.45) is 8.05. The quantitative estimate of drug-likeness (QED) is 0.421. The molecule has 0 aliphatic heterocycles. The molecule has 0 rings (SSSR count). The number of hydrogen-bond donors (Lipinski definition) is 1. The van der Waals surface area contributed by atoms with E-state index in [4.69, 9.17) is 0 Å². The van der Waals surface area contributed by atoms with Crippen molar-refractivity contribution < 1.29 is 0 Å². The van der Waals surface area contributed by atoms with E-state index >= 15 is 0 Å². The smallest absolute Gasteiger partial charge is 0.0331 e. The van der Waals surface area contributed by atoms with Crippen molar-refractivity contribution in [2.24, 2.45) is 0 Å². The minimum atomic E-state index is 0.264. The maximum Gasteiger partial charge on any atom is 0.0331 e. The van der Waals surface area contributed by atoms with Crippen LogP contribution in [0.5, 0.6) is 0 Å². The SMILES string of the molecule is C=CCCCC(NCCC)C(C)(CC)N(CC)CC. The molecule has 1 N–H and O–H groups in total. The number of nitrogens with zero attached hydrogens (tertiary/aromatic N) is 1. The molecule has 19 heavy (non-hydrogen) atoms. The van der Waals surface area contributed by atoms with Gasteiger partial charge in [-0.25, -0.2) is 0 Å². The zero-order valence-electron chi connectivity index (χ0n) is 14.0. The summed E-state index contributed by atoms with van der Waals surface area (Å²) in [7, 11) is 0. The molecule has 0 aromatic carbocycles. The number of likely N-dealkylation sites (N-methyl/N-ethyl adjacent to an activating group) is 1. The highest BCUT2D eigenvalue weighted by Crippen LogP contribution is 2.27. The summed E-state index contributed by atoms with van der Waals surface area (Å²) >= 11 is 0. The monoisotopic (exact) mass is 268 g/mol. The van der Waals surface area contributed by atoms with Gasteiger partial charge in [0.2, 0.25) is 0 Å². The van der Waals surface area contributed by atoms with Crippen LogP contribution in [0.2, 0.25) is 0 Å². The third-order valence-corrected chi connectivity index (χ3v) is 4.49. The molecule has 2 unspecified atom stereocenters. The number of rotatable bonds is 12. The van der Waals surface area contributed by atoms with Gasteiger partial charge in [-0.2, -0.15) is 0 Å². The Labute approximate surface area is 121 Å². The Bertz CT molecular complexity index is 223. The molecule has 0 aliphatic carbocycles. The van der Waals surface area contributed by atoms with Crippen LogP contribution in [0.25, 0.3) is 0 Å². The van der Waals surface area contributed by atoms with Crippen LogP contribution in [0.3, 0.4) is 0 Å². The molecule has 2 nitrogen and oxygen atoms in total. The van der Waals surface area contributed by atoms with Crippen molar-refractivity contribution in [3.05, 3.63) is 12.7 Å². The Kier molecular flexibility index (Phi) is 10.3. The van der Waals surface area contributed by atoms with Crippen LogP contribution in [-0.4, -0.2) is 36.1 Å². The lowest BCUT2D eigenvalue weighted by molar-refractivity contribution is 0.0660. The summed E-state index contributed by atoms with van der Waals surface area (Å²) in [5, 5.41) is 3.79. The number of unbranched alkanes of at least 4 members (excludes halogenated alkanes) is 1. The molecule has 0 saturated carbocycles. The topological polar surface area (TPSA) is 15.3 Å². The van der Waals surface area contributed by atoms with E-state index in [1.165, 1.54) is 25.7 Å². The molecule has 0 amide bonds. The van der Waals surface area contributed by atoms with Crippen LogP contribution in [0.1, 0.15) is 66.7 Å². The standard InChI is InChI=1S/C17H36N2/c1-7-12-13-14-16(18-15-8-2)17(6,9-3)19(10-4)11-5/h7,16,18H,1,8-15H2,2-6H3. The maximum absolute atomic E-state index is 3.84. The molecule has 0 heterocycles. The van der Waals surface area contributed by atoms with E-state index in [-0.39, 0.29) is 5.54 Å². The molecular formula is C17H36N2. The van der Waals surface area contributed by atoms with Crippen molar-refractivity contribution >= 4 is 0 Å². The van der Waals surface area contributed by atoms with Crippen LogP contribution < -0.4 is 5.32 Å². The van der Waals surface area contributed by atoms with Gasteiger partial charge in [0.05, 0.1) is 0 Å². The number of nitrogens with one attached hydrogen (secondary N) is 1. The summed E-state index contributed by atoms with van der Waals surface area (Å²) in [4.78, 5) is 2.62. The molecular weight excluding hydrogens is 232 g/mol. The Morgan fingerprint density at radius 1 is 1.21 bits per heavy atom. The van der Waals surface area contributed by atoms with Crippen molar-refractivity contribution in [3.63, 3.8) is 0 Å². The highest BCUT2D eigenvalue weighted by Gasteiger charge is 2.35. The molecule has 114 valence electrons. The van der Waals surface area contributed by atoms with Gasteiger partial charge < -0.3 is 5.32 Å². The Balaban J connectivity index is 4.85. The minimum absolute atomic E-state index is 0.264. The first kappa shape index (κ1) is 18.7. The lowest BCUT2D eigenvalue weighted by atomic mass is 9.84. The number of allylic oxidation sites excluding steroid dienone is 1. The predicted molar refractivity (Wildman–Crippen MR) is 87.7 cm³/mol.